The summed E-state index contributed by atoms with van der Waals surface area (Å²) in [5.74, 6) is -2.11. The van der Waals surface area contributed by atoms with Crippen LogP contribution in [0.15, 0.2) is 0 Å². The zero-order chi connectivity index (χ0) is 70.4. The quantitative estimate of drug-likeness (QED) is 0.0222. The Kier molecular flexibility index (Phi) is 70.0. The maximum Gasteiger partial charge on any atom is 0.472 e. The summed E-state index contributed by atoms with van der Waals surface area (Å²) < 4.78 is 68.5. The summed E-state index contributed by atoms with van der Waals surface area (Å²) in [6, 6.07) is 0. The summed E-state index contributed by atoms with van der Waals surface area (Å²) in [5.41, 5.74) is 0. The van der Waals surface area contributed by atoms with E-state index in [4.69, 9.17) is 37.0 Å². The highest BCUT2D eigenvalue weighted by Gasteiger charge is 2.30. The van der Waals surface area contributed by atoms with E-state index in [1.807, 2.05) is 0 Å². The van der Waals surface area contributed by atoms with E-state index < -0.39 is 97.5 Å². The molecule has 19 heteroatoms. The molecule has 5 atom stereocenters. The van der Waals surface area contributed by atoms with Gasteiger partial charge in [-0.1, -0.05) is 362 Å². The number of aliphatic hydroxyl groups excluding tert-OH is 1. The van der Waals surface area contributed by atoms with Crippen molar-refractivity contribution in [3.63, 3.8) is 0 Å². The smallest absolute Gasteiger partial charge is 0.462 e. The van der Waals surface area contributed by atoms with E-state index in [0.29, 0.717) is 25.7 Å². The molecule has 0 saturated carbocycles. The molecule has 0 spiro atoms. The molecule has 0 aliphatic carbocycles. The zero-order valence-corrected chi connectivity index (χ0v) is 64.1. The molecule has 0 bridgehead atoms. The van der Waals surface area contributed by atoms with Gasteiger partial charge in [0.25, 0.3) is 0 Å². The lowest BCUT2D eigenvalue weighted by atomic mass is 10.0. The Labute approximate surface area is 588 Å². The van der Waals surface area contributed by atoms with Gasteiger partial charge in [0.15, 0.2) is 12.2 Å². The van der Waals surface area contributed by atoms with Gasteiger partial charge in [0.2, 0.25) is 0 Å². The molecule has 96 heavy (non-hydrogen) atoms. The minimum Gasteiger partial charge on any atom is -0.462 e. The molecule has 0 aromatic carbocycles. The number of carbonyl (C=O) groups is 4. The predicted octanol–water partition coefficient (Wildman–Crippen LogP) is 23.0. The summed E-state index contributed by atoms with van der Waals surface area (Å²) in [6.45, 7) is 4.96. The van der Waals surface area contributed by atoms with Crippen molar-refractivity contribution in [1.82, 2.24) is 0 Å². The number of rotatable bonds is 78. The van der Waals surface area contributed by atoms with Crippen LogP contribution in [0.25, 0.3) is 0 Å². The summed E-state index contributed by atoms with van der Waals surface area (Å²) in [7, 11) is -9.90. The molecular weight excluding hydrogens is 1260 g/mol. The second-order valence-corrected chi connectivity index (χ2v) is 30.7. The van der Waals surface area contributed by atoms with Crippen LogP contribution in [0.5, 0.6) is 0 Å². The number of aliphatic hydroxyl groups is 1. The number of unbranched alkanes of at least 4 members (excludes halogenated alkanes) is 52. The number of phosphoric ester groups is 2. The SMILES string of the molecule is CCCCCCCCCCCCCCCCCCCCCCC(=O)O[C@H](COC(=O)CCCCCCCCCCCCCCCCCC)COP(=O)(O)OC[C@@H](O)COP(=O)(O)OC[C@@H](COC(=O)CCCCCCCCC)OC(=O)CCCCCCCCCCCCCCC. The highest BCUT2D eigenvalue weighted by atomic mass is 31.2. The molecule has 0 radical (unpaired) electrons. The zero-order valence-electron chi connectivity index (χ0n) is 62.4. The van der Waals surface area contributed by atoms with Crippen LogP contribution in [-0.2, 0) is 65.4 Å². The molecule has 2 unspecified atom stereocenters. The predicted molar refractivity (Wildman–Crippen MR) is 391 cm³/mol. The number of esters is 4. The molecule has 0 aliphatic rings. The van der Waals surface area contributed by atoms with Gasteiger partial charge in [-0.05, 0) is 25.7 Å². The summed E-state index contributed by atoms with van der Waals surface area (Å²) >= 11 is 0. The Balaban J connectivity index is 5.17. The number of hydrogen-bond acceptors (Lipinski definition) is 15. The molecule has 3 N–H and O–H groups in total. The van der Waals surface area contributed by atoms with Crippen molar-refractivity contribution in [2.75, 3.05) is 39.6 Å². The topological polar surface area (TPSA) is 237 Å². The van der Waals surface area contributed by atoms with E-state index in [1.54, 1.807) is 0 Å². The second kappa shape index (κ2) is 71.5. The maximum atomic E-state index is 13.1. The molecule has 0 aromatic rings. The molecule has 570 valence electrons. The van der Waals surface area contributed by atoms with E-state index in [2.05, 4.69) is 27.7 Å². The Morgan fingerprint density at radius 1 is 0.250 bits per heavy atom. The Bertz CT molecular complexity index is 1830. The van der Waals surface area contributed by atoms with Crippen LogP contribution in [0.3, 0.4) is 0 Å². The summed E-state index contributed by atoms with van der Waals surface area (Å²) in [5, 5.41) is 10.6. The first-order valence-electron chi connectivity index (χ1n) is 40.3. The van der Waals surface area contributed by atoms with Crippen LogP contribution in [0.4, 0.5) is 0 Å². The monoisotopic (exact) mass is 1410 g/mol. The molecule has 0 aliphatic heterocycles. The lowest BCUT2D eigenvalue weighted by molar-refractivity contribution is -0.161. The van der Waals surface area contributed by atoms with Crippen LogP contribution in [0, 0.1) is 0 Å². The van der Waals surface area contributed by atoms with Crippen LogP contribution < -0.4 is 0 Å². The number of phosphoric acid groups is 2. The highest BCUT2D eigenvalue weighted by Crippen LogP contribution is 2.45. The van der Waals surface area contributed by atoms with E-state index in [1.165, 1.54) is 231 Å². The van der Waals surface area contributed by atoms with E-state index in [-0.39, 0.29) is 25.7 Å². The third-order valence-electron chi connectivity index (χ3n) is 18.1. The molecule has 0 amide bonds. The van der Waals surface area contributed by atoms with Crippen molar-refractivity contribution in [3.8, 4) is 0 Å². The van der Waals surface area contributed by atoms with Gasteiger partial charge in [0.05, 0.1) is 26.4 Å². The minimum absolute atomic E-state index is 0.108. The molecule has 17 nitrogen and oxygen atoms in total. The van der Waals surface area contributed by atoms with Gasteiger partial charge >= 0.3 is 39.5 Å². The lowest BCUT2D eigenvalue weighted by Gasteiger charge is -2.21. The van der Waals surface area contributed by atoms with Crippen LogP contribution >= 0.6 is 15.6 Å². The first-order valence-corrected chi connectivity index (χ1v) is 43.3. The molecule has 0 fully saturated rings. The molecule has 0 heterocycles. The fourth-order valence-electron chi connectivity index (χ4n) is 11.9. The second-order valence-electron chi connectivity index (χ2n) is 27.7. The molecular formula is C77H150O17P2. The average molecular weight is 1410 g/mol. The normalized spacial score (nSPS) is 13.9. The van der Waals surface area contributed by atoms with Crippen LogP contribution in [0.1, 0.15) is 413 Å². The van der Waals surface area contributed by atoms with Gasteiger partial charge in [-0.3, -0.25) is 37.3 Å². The number of hydrogen-bond donors (Lipinski definition) is 3. The summed E-state index contributed by atoms with van der Waals surface area (Å²) in [6.07, 6.45) is 62.6. The fourth-order valence-corrected chi connectivity index (χ4v) is 13.5. The van der Waals surface area contributed by atoms with E-state index in [0.717, 1.165) is 103 Å². The third-order valence-corrected chi connectivity index (χ3v) is 20.0. The first-order chi connectivity index (χ1) is 46.7. The average Bonchev–Trinajstić information content (AvgIpc) is 1.89. The lowest BCUT2D eigenvalue weighted by Crippen LogP contribution is -2.30. The van der Waals surface area contributed by atoms with E-state index >= 15 is 0 Å². The van der Waals surface area contributed by atoms with Gasteiger partial charge in [0.1, 0.15) is 19.3 Å². The largest absolute Gasteiger partial charge is 0.472 e. The third kappa shape index (κ3) is 70.5. The standard InChI is InChI=1S/C77H150O17P2/c1-5-9-13-17-21-24-27-30-32-34-35-36-37-39-42-45-48-52-56-60-64-77(82)94-73(68-88-75(80)62-58-54-50-46-43-41-38-33-31-28-25-22-18-14-10-6-2)70-92-96(85,86)90-66-71(78)65-89-95(83,84)91-69-72(67-87-74(79)61-57-53-49-20-16-12-8-4)93-76(81)63-59-55-51-47-44-40-29-26-23-19-15-11-7-3/h71-73,78H,5-70H2,1-4H3,(H,83,84)(H,85,86)/t71-,72+,73+/m0/s1. The van der Waals surface area contributed by atoms with Crippen LogP contribution in [-0.4, -0.2) is 96.7 Å². The number of carbonyl (C=O) groups excluding carboxylic acids is 4. The maximum absolute atomic E-state index is 13.1. The van der Waals surface area contributed by atoms with Crippen molar-refractivity contribution in [2.24, 2.45) is 0 Å². The molecule has 0 rings (SSSR count). The highest BCUT2D eigenvalue weighted by molar-refractivity contribution is 7.47. The van der Waals surface area contributed by atoms with Crippen LogP contribution in [0.2, 0.25) is 0 Å². The Hall–Kier alpha value is -1.94. The first kappa shape index (κ1) is 94.1. The van der Waals surface area contributed by atoms with Crippen molar-refractivity contribution >= 4 is 39.5 Å². The van der Waals surface area contributed by atoms with Crippen molar-refractivity contribution < 1.29 is 80.2 Å². The number of ether oxygens (including phenoxy) is 4. The van der Waals surface area contributed by atoms with Crippen molar-refractivity contribution in [1.29, 1.82) is 0 Å². The van der Waals surface area contributed by atoms with Crippen molar-refractivity contribution in [2.45, 2.75) is 431 Å². The van der Waals surface area contributed by atoms with Gasteiger partial charge in [-0.15, -0.1) is 0 Å². The van der Waals surface area contributed by atoms with Gasteiger partial charge in [0, 0.05) is 25.7 Å². The van der Waals surface area contributed by atoms with Gasteiger partial charge in [-0.25, -0.2) is 9.13 Å². The summed E-state index contributed by atoms with van der Waals surface area (Å²) in [4.78, 5) is 72.7. The minimum atomic E-state index is -4.96. The van der Waals surface area contributed by atoms with Crippen molar-refractivity contribution in [3.05, 3.63) is 0 Å². The van der Waals surface area contributed by atoms with E-state index in [9.17, 15) is 43.2 Å². The van der Waals surface area contributed by atoms with Gasteiger partial charge < -0.3 is 33.8 Å². The Morgan fingerprint density at radius 3 is 0.615 bits per heavy atom. The van der Waals surface area contributed by atoms with Gasteiger partial charge in [-0.2, -0.15) is 0 Å². The molecule has 0 aromatic heterocycles. The Morgan fingerprint density at radius 2 is 0.417 bits per heavy atom. The molecule has 0 saturated heterocycles. The fraction of sp³-hybridized carbons (Fsp3) is 0.948.